The van der Waals surface area contributed by atoms with Crippen LogP contribution in [0.4, 0.5) is 13.2 Å². The van der Waals surface area contributed by atoms with Gasteiger partial charge in [-0.1, -0.05) is 42.5 Å². The van der Waals surface area contributed by atoms with Crippen LogP contribution in [0.15, 0.2) is 91.1 Å². The number of rotatable bonds is 7. The van der Waals surface area contributed by atoms with Crippen LogP contribution in [0.5, 0.6) is 0 Å². The first-order valence-electron chi connectivity index (χ1n) is 12.9. The summed E-state index contributed by atoms with van der Waals surface area (Å²) in [6, 6.07) is 24.0. The molecule has 0 saturated carbocycles. The zero-order valence-corrected chi connectivity index (χ0v) is 22.4. The van der Waals surface area contributed by atoms with E-state index in [-0.39, 0.29) is 12.1 Å². The van der Waals surface area contributed by atoms with Gasteiger partial charge in [-0.2, -0.15) is 18.4 Å². The van der Waals surface area contributed by atoms with Crippen LogP contribution >= 0.6 is 0 Å². The van der Waals surface area contributed by atoms with E-state index in [9.17, 15) is 28.0 Å². The van der Waals surface area contributed by atoms with Gasteiger partial charge in [-0.15, -0.1) is 0 Å². The van der Waals surface area contributed by atoms with Crippen molar-refractivity contribution in [1.82, 2.24) is 9.88 Å². The fraction of sp³-hybridized carbons (Fsp3) is 0.121. The Morgan fingerprint density at radius 3 is 2.26 bits per heavy atom. The predicted molar refractivity (Wildman–Crippen MR) is 152 cm³/mol. The van der Waals surface area contributed by atoms with Gasteiger partial charge in [0.05, 0.1) is 22.8 Å². The van der Waals surface area contributed by atoms with Crippen molar-refractivity contribution in [2.24, 2.45) is 7.05 Å². The van der Waals surface area contributed by atoms with Gasteiger partial charge in [0, 0.05) is 36.3 Å². The third kappa shape index (κ3) is 5.74. The van der Waals surface area contributed by atoms with E-state index in [0.717, 1.165) is 23.2 Å². The molecule has 0 atom stereocenters. The molecule has 5 rings (SSSR count). The van der Waals surface area contributed by atoms with Crippen LogP contribution in [0.3, 0.4) is 0 Å². The third-order valence-electron chi connectivity index (χ3n) is 7.10. The molecule has 5 aromatic rings. The molecule has 6 nitrogen and oxygen atoms in total. The first kappa shape index (κ1) is 28.2. The largest absolute Gasteiger partial charge is 0.478 e. The van der Waals surface area contributed by atoms with Crippen LogP contribution in [-0.2, 0) is 26.2 Å². The number of aromatic nitrogens is 1. The van der Waals surface area contributed by atoms with Crippen molar-refractivity contribution < 1.29 is 27.9 Å². The van der Waals surface area contributed by atoms with Gasteiger partial charge < -0.3 is 15.0 Å². The molecule has 0 aliphatic rings. The molecule has 4 aromatic carbocycles. The van der Waals surface area contributed by atoms with E-state index in [4.69, 9.17) is 5.11 Å². The molecule has 0 saturated heterocycles. The van der Waals surface area contributed by atoms with Gasteiger partial charge in [-0.05, 0) is 76.7 Å². The summed E-state index contributed by atoms with van der Waals surface area (Å²) in [7, 11) is 1.82. The van der Waals surface area contributed by atoms with E-state index in [1.807, 2.05) is 29.9 Å². The Balaban J connectivity index is 1.57. The number of aryl methyl sites for hydroxylation is 1. The Bertz CT molecular complexity index is 1850. The average molecular weight is 568 g/mol. The lowest BCUT2D eigenvalue weighted by atomic mass is 9.94. The molecule has 0 bridgehead atoms. The summed E-state index contributed by atoms with van der Waals surface area (Å²) >= 11 is 0. The number of carboxylic acid groups (broad SMARTS) is 1. The Morgan fingerprint density at radius 1 is 0.952 bits per heavy atom. The number of hydrogen-bond acceptors (Lipinski definition) is 3. The summed E-state index contributed by atoms with van der Waals surface area (Å²) < 4.78 is 41.1. The normalized spacial score (nSPS) is 11.3. The van der Waals surface area contributed by atoms with E-state index in [1.165, 1.54) is 24.3 Å². The lowest BCUT2D eigenvalue weighted by Crippen LogP contribution is -2.23. The molecule has 0 unspecified atom stereocenters. The molecule has 9 heteroatoms. The Kier molecular flexibility index (Phi) is 7.55. The van der Waals surface area contributed by atoms with Crippen LogP contribution in [0.1, 0.15) is 48.5 Å². The highest BCUT2D eigenvalue weighted by Crippen LogP contribution is 2.34. The molecule has 2 N–H and O–H groups in total. The smallest absolute Gasteiger partial charge is 0.416 e. The summed E-state index contributed by atoms with van der Waals surface area (Å²) in [6.07, 6.45) is -2.29. The summed E-state index contributed by atoms with van der Waals surface area (Å²) in [5.41, 5.74) is 4.34. The highest BCUT2D eigenvalue weighted by Gasteiger charge is 2.30. The van der Waals surface area contributed by atoms with Gasteiger partial charge in [0.25, 0.3) is 5.91 Å². The van der Waals surface area contributed by atoms with Crippen molar-refractivity contribution in [3.05, 3.63) is 130 Å². The summed E-state index contributed by atoms with van der Waals surface area (Å²) in [4.78, 5) is 24.9. The fourth-order valence-corrected chi connectivity index (χ4v) is 4.99. The standard InChI is InChI=1S/C33H24F3N3O3/c1-39-19-25(14-20-8-12-26(13-9-20)33(34,35)36)30-28(31(40)38-18-21-6-10-22(11-7-21)32(41)42)15-24(16-29(30)39)27-5-3-2-4-23(27)17-37/h2-13,15-16,19H,14,18H2,1H3,(H,38,40)(H,41,42). The van der Waals surface area contributed by atoms with E-state index in [0.29, 0.717) is 45.2 Å². The number of fused-ring (bicyclic) bond motifs is 1. The van der Waals surface area contributed by atoms with Crippen molar-refractivity contribution in [3.8, 4) is 17.2 Å². The molecule has 0 aliphatic heterocycles. The highest BCUT2D eigenvalue weighted by molar-refractivity contribution is 6.09. The number of alkyl halides is 3. The van der Waals surface area contributed by atoms with Crippen LogP contribution in [-0.4, -0.2) is 21.6 Å². The van der Waals surface area contributed by atoms with Crippen LogP contribution in [0.2, 0.25) is 0 Å². The maximum atomic E-state index is 13.7. The molecule has 0 fully saturated rings. The highest BCUT2D eigenvalue weighted by atomic mass is 19.4. The Labute approximate surface area is 239 Å². The second-order valence-corrected chi connectivity index (χ2v) is 9.90. The number of hydrogen-bond donors (Lipinski definition) is 2. The number of nitrogens with zero attached hydrogens (tertiary/aromatic N) is 2. The quantitative estimate of drug-likeness (QED) is 0.222. The molecule has 1 amide bonds. The molecule has 210 valence electrons. The van der Waals surface area contributed by atoms with Gasteiger partial charge in [0.15, 0.2) is 0 Å². The first-order valence-corrected chi connectivity index (χ1v) is 12.9. The number of carbonyl (C=O) groups is 2. The summed E-state index contributed by atoms with van der Waals surface area (Å²) in [5, 5.41) is 22.4. The summed E-state index contributed by atoms with van der Waals surface area (Å²) in [5.74, 6) is -1.44. The van der Waals surface area contributed by atoms with Gasteiger partial charge in [0.2, 0.25) is 0 Å². The zero-order chi connectivity index (χ0) is 30.0. The van der Waals surface area contributed by atoms with Crippen molar-refractivity contribution in [2.45, 2.75) is 19.1 Å². The van der Waals surface area contributed by atoms with Crippen LogP contribution < -0.4 is 5.32 Å². The number of carboxylic acids is 1. The van der Waals surface area contributed by atoms with Crippen LogP contribution in [0.25, 0.3) is 22.0 Å². The molecule has 1 aromatic heterocycles. The molecule has 0 aliphatic carbocycles. The Morgan fingerprint density at radius 2 is 1.62 bits per heavy atom. The lowest BCUT2D eigenvalue weighted by molar-refractivity contribution is -0.137. The second kappa shape index (κ2) is 11.3. The maximum Gasteiger partial charge on any atom is 0.416 e. The minimum Gasteiger partial charge on any atom is -0.478 e. The van der Waals surface area contributed by atoms with Crippen molar-refractivity contribution in [1.29, 1.82) is 5.26 Å². The number of amides is 1. The van der Waals surface area contributed by atoms with Crippen molar-refractivity contribution >= 4 is 22.8 Å². The number of nitriles is 1. The minimum absolute atomic E-state index is 0.132. The number of benzene rings is 4. The zero-order valence-electron chi connectivity index (χ0n) is 22.4. The monoisotopic (exact) mass is 567 g/mol. The van der Waals surface area contributed by atoms with Crippen molar-refractivity contribution in [3.63, 3.8) is 0 Å². The van der Waals surface area contributed by atoms with Gasteiger partial charge in [-0.3, -0.25) is 4.79 Å². The van der Waals surface area contributed by atoms with E-state index < -0.39 is 23.6 Å². The number of carbonyl (C=O) groups excluding carboxylic acids is 1. The fourth-order valence-electron chi connectivity index (χ4n) is 4.99. The number of aromatic carboxylic acids is 1. The van der Waals surface area contributed by atoms with E-state index in [1.54, 1.807) is 36.4 Å². The van der Waals surface area contributed by atoms with Gasteiger partial charge in [0.1, 0.15) is 0 Å². The van der Waals surface area contributed by atoms with Crippen LogP contribution in [0, 0.1) is 11.3 Å². The number of halogens is 3. The van der Waals surface area contributed by atoms with Crippen molar-refractivity contribution in [2.75, 3.05) is 0 Å². The number of nitrogens with one attached hydrogen (secondary N) is 1. The minimum atomic E-state index is -4.44. The average Bonchev–Trinajstić information content (AvgIpc) is 3.29. The lowest BCUT2D eigenvalue weighted by Gasteiger charge is -2.13. The molecule has 0 radical (unpaired) electrons. The molecule has 42 heavy (non-hydrogen) atoms. The molecular weight excluding hydrogens is 543 g/mol. The van der Waals surface area contributed by atoms with E-state index in [2.05, 4.69) is 11.4 Å². The van der Waals surface area contributed by atoms with Gasteiger partial charge >= 0.3 is 12.1 Å². The third-order valence-corrected chi connectivity index (χ3v) is 7.10. The first-order chi connectivity index (χ1) is 20.0. The molecule has 0 spiro atoms. The second-order valence-electron chi connectivity index (χ2n) is 9.90. The van der Waals surface area contributed by atoms with E-state index >= 15 is 0 Å². The maximum absolute atomic E-state index is 13.7. The summed E-state index contributed by atoms with van der Waals surface area (Å²) in [6.45, 7) is 0.139. The SMILES string of the molecule is Cn1cc(Cc2ccc(C(F)(F)F)cc2)c2c(C(=O)NCc3ccc(C(=O)O)cc3)cc(-c3ccccc3C#N)cc21. The molecule has 1 heterocycles. The predicted octanol–water partition coefficient (Wildman–Crippen LogP) is 6.95. The van der Waals surface area contributed by atoms with Gasteiger partial charge in [-0.25, -0.2) is 4.79 Å². The topological polar surface area (TPSA) is 95.1 Å². The Hall–Kier alpha value is -5.36. The molecular formula is C33H24F3N3O3.